The van der Waals surface area contributed by atoms with Crippen molar-refractivity contribution >= 4 is 29.0 Å². The van der Waals surface area contributed by atoms with Crippen molar-refractivity contribution in [1.29, 1.82) is 0 Å². The first-order chi connectivity index (χ1) is 16.1. The highest BCUT2D eigenvalue weighted by Gasteiger charge is 2.34. The summed E-state index contributed by atoms with van der Waals surface area (Å²) in [7, 11) is 1.87. The first-order valence-corrected chi connectivity index (χ1v) is 11.1. The van der Waals surface area contributed by atoms with Crippen molar-refractivity contribution in [2.45, 2.75) is 50.9 Å². The van der Waals surface area contributed by atoms with E-state index in [1.54, 1.807) is 42.5 Å². The Bertz CT molecular complexity index is 1200. The van der Waals surface area contributed by atoms with E-state index in [4.69, 9.17) is 0 Å². The van der Waals surface area contributed by atoms with Crippen molar-refractivity contribution in [3.05, 3.63) is 59.9 Å². The van der Waals surface area contributed by atoms with Crippen molar-refractivity contribution in [2.75, 3.05) is 17.3 Å². The number of hydrogen-bond donors (Lipinski definition) is 2. The number of alkyl halides is 3. The largest absolute Gasteiger partial charge is 0.434 e. The van der Waals surface area contributed by atoms with E-state index in [1.165, 1.54) is 11.3 Å². The van der Waals surface area contributed by atoms with Gasteiger partial charge in [-0.1, -0.05) is 12.1 Å². The molecule has 0 saturated heterocycles. The summed E-state index contributed by atoms with van der Waals surface area (Å²) in [5.74, 6) is 0.232. The van der Waals surface area contributed by atoms with Crippen LogP contribution in [-0.2, 0) is 11.0 Å². The number of benzene rings is 1. The Kier molecular flexibility index (Phi) is 6.49. The smallest absolute Gasteiger partial charge is 0.358 e. The fraction of sp³-hybridized carbons (Fsp3) is 0.375. The van der Waals surface area contributed by atoms with E-state index in [0.717, 1.165) is 31.9 Å². The van der Waals surface area contributed by atoms with Crippen LogP contribution in [0.3, 0.4) is 0 Å². The van der Waals surface area contributed by atoms with Gasteiger partial charge in [0.25, 0.3) is 5.91 Å². The van der Waals surface area contributed by atoms with E-state index >= 15 is 0 Å². The van der Waals surface area contributed by atoms with Gasteiger partial charge in [-0.3, -0.25) is 14.0 Å². The molecule has 180 valence electrons. The third-order valence-electron chi connectivity index (χ3n) is 6.15. The van der Waals surface area contributed by atoms with Gasteiger partial charge in [-0.2, -0.15) is 13.2 Å². The molecule has 0 bridgehead atoms. The second kappa shape index (κ2) is 9.36. The molecule has 1 saturated carbocycles. The molecule has 10 heteroatoms. The van der Waals surface area contributed by atoms with Crippen LogP contribution in [0.4, 0.5) is 24.7 Å². The zero-order valence-electron chi connectivity index (χ0n) is 18.9. The zero-order valence-corrected chi connectivity index (χ0v) is 18.9. The molecular weight excluding hydrogens is 447 g/mol. The summed E-state index contributed by atoms with van der Waals surface area (Å²) in [5, 5.41) is 5.72. The maximum atomic E-state index is 13.1. The van der Waals surface area contributed by atoms with Gasteiger partial charge in [-0.15, -0.1) is 0 Å². The van der Waals surface area contributed by atoms with Gasteiger partial charge >= 0.3 is 6.18 Å². The van der Waals surface area contributed by atoms with Crippen LogP contribution in [0.25, 0.3) is 5.65 Å². The van der Waals surface area contributed by atoms with Crippen molar-refractivity contribution in [2.24, 2.45) is 0 Å². The van der Waals surface area contributed by atoms with Gasteiger partial charge in [-0.25, -0.2) is 4.98 Å². The summed E-state index contributed by atoms with van der Waals surface area (Å²) in [6.45, 7) is 1.41. The van der Waals surface area contributed by atoms with Crippen molar-refractivity contribution in [1.82, 2.24) is 14.7 Å². The zero-order chi connectivity index (χ0) is 24.5. The van der Waals surface area contributed by atoms with Gasteiger partial charge in [0, 0.05) is 43.5 Å². The Morgan fingerprint density at radius 1 is 1.09 bits per heavy atom. The maximum absolute atomic E-state index is 13.1. The van der Waals surface area contributed by atoms with Crippen LogP contribution in [0.5, 0.6) is 0 Å². The predicted octanol–water partition coefficient (Wildman–Crippen LogP) is 4.49. The van der Waals surface area contributed by atoms with Gasteiger partial charge in [0.05, 0.1) is 0 Å². The fourth-order valence-electron chi connectivity index (χ4n) is 4.42. The second-order valence-corrected chi connectivity index (χ2v) is 8.59. The minimum atomic E-state index is -4.50. The Labute approximate surface area is 195 Å². The van der Waals surface area contributed by atoms with Crippen LogP contribution < -0.4 is 15.5 Å². The lowest BCUT2D eigenvalue weighted by molar-refractivity contribution is -0.140. The van der Waals surface area contributed by atoms with E-state index in [9.17, 15) is 22.8 Å². The van der Waals surface area contributed by atoms with E-state index in [0.29, 0.717) is 17.1 Å². The Morgan fingerprint density at radius 3 is 2.47 bits per heavy atom. The molecule has 2 amide bonds. The van der Waals surface area contributed by atoms with Crippen LogP contribution in [0.15, 0.2) is 48.7 Å². The number of imidazole rings is 1. The average molecular weight is 473 g/mol. The summed E-state index contributed by atoms with van der Waals surface area (Å²) >= 11 is 0. The molecule has 0 aliphatic heterocycles. The molecule has 0 unspecified atom stereocenters. The Hall–Kier alpha value is -3.56. The summed E-state index contributed by atoms with van der Waals surface area (Å²) in [5.41, 5.74) is 0.368. The molecule has 34 heavy (non-hydrogen) atoms. The molecule has 0 atom stereocenters. The molecule has 4 rings (SSSR count). The number of amides is 2. The summed E-state index contributed by atoms with van der Waals surface area (Å²) in [6.07, 6.45) is -0.406. The molecule has 1 aliphatic carbocycles. The number of fused-ring (bicyclic) bond motifs is 1. The van der Waals surface area contributed by atoms with Gasteiger partial charge in [0.1, 0.15) is 11.5 Å². The van der Waals surface area contributed by atoms with Crippen molar-refractivity contribution in [3.63, 3.8) is 0 Å². The number of aromatic nitrogens is 2. The fourth-order valence-corrected chi connectivity index (χ4v) is 4.42. The minimum Gasteiger partial charge on any atom is -0.358 e. The molecule has 0 radical (unpaired) electrons. The number of rotatable bonds is 5. The number of anilines is 2. The van der Waals surface area contributed by atoms with Crippen LogP contribution in [0, 0.1) is 0 Å². The average Bonchev–Trinajstić information content (AvgIpc) is 3.24. The summed E-state index contributed by atoms with van der Waals surface area (Å²) < 4.78 is 40.8. The quantitative estimate of drug-likeness (QED) is 0.573. The lowest BCUT2D eigenvalue weighted by Gasteiger charge is -2.36. The molecule has 1 aliphatic rings. The number of nitrogens with zero attached hydrogens (tertiary/aromatic N) is 3. The van der Waals surface area contributed by atoms with E-state index in [1.807, 2.05) is 11.9 Å². The lowest BCUT2D eigenvalue weighted by atomic mass is 9.90. The monoisotopic (exact) mass is 473 g/mol. The first-order valence-electron chi connectivity index (χ1n) is 11.1. The summed E-state index contributed by atoms with van der Waals surface area (Å²) in [6, 6.07) is 11.9. The number of carbonyl (C=O) groups is 2. The second-order valence-electron chi connectivity index (χ2n) is 8.59. The van der Waals surface area contributed by atoms with Crippen molar-refractivity contribution < 1.29 is 22.8 Å². The third kappa shape index (κ3) is 5.16. The first kappa shape index (κ1) is 23.6. The van der Waals surface area contributed by atoms with Crippen LogP contribution >= 0.6 is 0 Å². The van der Waals surface area contributed by atoms with Crippen LogP contribution in [-0.4, -0.2) is 40.3 Å². The topological polar surface area (TPSA) is 78.7 Å². The van der Waals surface area contributed by atoms with E-state index < -0.39 is 11.9 Å². The molecule has 7 nitrogen and oxygen atoms in total. The van der Waals surface area contributed by atoms with Crippen LogP contribution in [0.2, 0.25) is 0 Å². The number of nitrogens with one attached hydrogen (secondary N) is 2. The molecule has 3 aromatic rings. The van der Waals surface area contributed by atoms with E-state index in [-0.39, 0.29) is 29.5 Å². The number of halogens is 3. The third-order valence-corrected chi connectivity index (χ3v) is 6.15. The molecule has 1 fully saturated rings. The lowest BCUT2D eigenvalue weighted by Crippen LogP contribution is -2.43. The molecule has 0 spiro atoms. The molecule has 1 aromatic carbocycles. The molecule has 2 aromatic heterocycles. The highest BCUT2D eigenvalue weighted by Crippen LogP contribution is 2.31. The highest BCUT2D eigenvalue weighted by molar-refractivity contribution is 5.96. The van der Waals surface area contributed by atoms with Gasteiger partial charge in [0.15, 0.2) is 5.69 Å². The van der Waals surface area contributed by atoms with Crippen LogP contribution in [0.1, 0.15) is 48.7 Å². The number of pyridine rings is 1. The standard InChI is InChI=1S/C24H26F3N5O2/c1-15(33)28-18-6-3-5-16(13-18)23(34)29-17-9-11-19(12-10-17)31(2)22-8-4-7-21-30-20(14-32(21)22)24(25,26)27/h3-8,13-14,17,19H,9-12H2,1-2H3,(H,28,33)(H,29,34). The van der Waals surface area contributed by atoms with Crippen molar-refractivity contribution in [3.8, 4) is 0 Å². The molecular formula is C24H26F3N5O2. The van der Waals surface area contributed by atoms with Gasteiger partial charge in [0.2, 0.25) is 5.91 Å². The minimum absolute atomic E-state index is 0.00226. The number of hydrogen-bond acceptors (Lipinski definition) is 4. The normalized spacial score (nSPS) is 18.5. The van der Waals surface area contributed by atoms with Gasteiger partial charge < -0.3 is 15.5 Å². The molecule has 2 heterocycles. The van der Waals surface area contributed by atoms with E-state index in [2.05, 4.69) is 15.6 Å². The molecule has 2 N–H and O–H groups in total. The Morgan fingerprint density at radius 2 is 1.79 bits per heavy atom. The Balaban J connectivity index is 1.39. The highest BCUT2D eigenvalue weighted by atomic mass is 19.4. The maximum Gasteiger partial charge on any atom is 0.434 e. The van der Waals surface area contributed by atoms with Gasteiger partial charge in [-0.05, 0) is 56.0 Å². The SMILES string of the molecule is CC(=O)Nc1cccc(C(=O)NC2CCC(N(C)c3cccc4nc(C(F)(F)F)cn34)CC2)c1. The summed E-state index contributed by atoms with van der Waals surface area (Å²) in [4.78, 5) is 29.6. The number of carbonyl (C=O) groups excluding carboxylic acids is 2. The predicted molar refractivity (Wildman–Crippen MR) is 123 cm³/mol.